The third-order valence-corrected chi connectivity index (χ3v) is 6.79. The van der Waals surface area contributed by atoms with Crippen molar-refractivity contribution in [3.63, 3.8) is 0 Å². The SMILES string of the molecule is Cc1c(F)c(=O)n(C2CCCC2)c2nc(Nc3ccc(N4CCNCC4)c(Cl)c3)ncc12. The minimum Gasteiger partial charge on any atom is -0.368 e. The second kappa shape index (κ2) is 8.67. The maximum absolute atomic E-state index is 14.6. The molecule has 3 aromatic rings. The van der Waals surface area contributed by atoms with Gasteiger partial charge in [-0.2, -0.15) is 4.98 Å². The molecule has 1 saturated carbocycles. The highest BCUT2D eigenvalue weighted by atomic mass is 35.5. The summed E-state index contributed by atoms with van der Waals surface area (Å²) in [6, 6.07) is 5.75. The lowest BCUT2D eigenvalue weighted by atomic mass is 10.1. The van der Waals surface area contributed by atoms with Gasteiger partial charge in [0.25, 0.3) is 5.56 Å². The zero-order valence-electron chi connectivity index (χ0n) is 18.0. The Morgan fingerprint density at radius 1 is 1.22 bits per heavy atom. The fourth-order valence-corrected chi connectivity index (χ4v) is 5.04. The average Bonchev–Trinajstić information content (AvgIpc) is 3.33. The molecule has 32 heavy (non-hydrogen) atoms. The Balaban J connectivity index is 1.50. The number of fused-ring (bicyclic) bond motifs is 1. The number of halogens is 2. The smallest absolute Gasteiger partial charge is 0.288 e. The minimum atomic E-state index is -0.719. The Kier molecular flexibility index (Phi) is 5.73. The third kappa shape index (κ3) is 3.82. The van der Waals surface area contributed by atoms with Gasteiger partial charge >= 0.3 is 0 Å². The monoisotopic (exact) mass is 456 g/mol. The number of nitrogens with zero attached hydrogens (tertiary/aromatic N) is 4. The lowest BCUT2D eigenvalue weighted by molar-refractivity contribution is 0.487. The van der Waals surface area contributed by atoms with Gasteiger partial charge in [0.15, 0.2) is 5.82 Å². The van der Waals surface area contributed by atoms with E-state index in [-0.39, 0.29) is 11.6 Å². The van der Waals surface area contributed by atoms with Crippen LogP contribution in [0.4, 0.5) is 21.7 Å². The molecular formula is C23H26ClFN6O. The number of anilines is 3. The van der Waals surface area contributed by atoms with Gasteiger partial charge in [-0.25, -0.2) is 9.37 Å². The third-order valence-electron chi connectivity index (χ3n) is 6.49. The molecule has 168 valence electrons. The van der Waals surface area contributed by atoms with Crippen molar-refractivity contribution in [1.82, 2.24) is 19.9 Å². The van der Waals surface area contributed by atoms with E-state index in [0.717, 1.165) is 63.2 Å². The topological polar surface area (TPSA) is 75.1 Å². The van der Waals surface area contributed by atoms with Gasteiger partial charge in [-0.3, -0.25) is 9.36 Å². The van der Waals surface area contributed by atoms with E-state index in [2.05, 4.69) is 25.5 Å². The van der Waals surface area contributed by atoms with Crippen molar-refractivity contribution in [2.45, 2.75) is 38.6 Å². The van der Waals surface area contributed by atoms with Gasteiger partial charge in [0, 0.05) is 55.1 Å². The molecule has 2 fully saturated rings. The molecule has 0 radical (unpaired) electrons. The number of aryl methyl sites for hydroxylation is 1. The molecule has 1 aliphatic carbocycles. The molecule has 0 unspecified atom stereocenters. The first kappa shape index (κ1) is 21.2. The van der Waals surface area contributed by atoms with E-state index in [4.69, 9.17) is 11.6 Å². The Labute approximate surface area is 190 Å². The van der Waals surface area contributed by atoms with Crippen molar-refractivity contribution >= 4 is 40.0 Å². The normalized spacial score (nSPS) is 17.3. The van der Waals surface area contributed by atoms with E-state index < -0.39 is 11.4 Å². The summed E-state index contributed by atoms with van der Waals surface area (Å²) < 4.78 is 16.2. The van der Waals surface area contributed by atoms with Crippen molar-refractivity contribution < 1.29 is 4.39 Å². The summed E-state index contributed by atoms with van der Waals surface area (Å²) in [4.78, 5) is 24.0. The molecule has 0 atom stereocenters. The van der Waals surface area contributed by atoms with E-state index in [1.165, 1.54) is 4.57 Å². The van der Waals surface area contributed by atoms with Crippen LogP contribution in [0.3, 0.4) is 0 Å². The van der Waals surface area contributed by atoms with E-state index in [0.29, 0.717) is 22.0 Å². The Morgan fingerprint density at radius 3 is 2.69 bits per heavy atom. The predicted octanol–water partition coefficient (Wildman–Crippen LogP) is 4.16. The Morgan fingerprint density at radius 2 is 1.97 bits per heavy atom. The van der Waals surface area contributed by atoms with Gasteiger partial charge in [0.2, 0.25) is 5.95 Å². The van der Waals surface area contributed by atoms with Crippen LogP contribution < -0.4 is 21.1 Å². The molecule has 3 heterocycles. The second-order valence-corrected chi connectivity index (χ2v) is 8.92. The van der Waals surface area contributed by atoms with Crippen LogP contribution in [0.1, 0.15) is 37.3 Å². The van der Waals surface area contributed by atoms with Crippen LogP contribution in [-0.2, 0) is 0 Å². The lowest BCUT2D eigenvalue weighted by Gasteiger charge is -2.30. The summed E-state index contributed by atoms with van der Waals surface area (Å²) in [5.41, 5.74) is 1.91. The van der Waals surface area contributed by atoms with Crippen LogP contribution >= 0.6 is 11.6 Å². The number of hydrogen-bond donors (Lipinski definition) is 2. The van der Waals surface area contributed by atoms with Crippen molar-refractivity contribution in [2.75, 3.05) is 36.4 Å². The standard InChI is InChI=1S/C23H26ClFN6O/c1-14-17-13-27-23(29-21(17)31(22(32)20(14)25)16-4-2-3-5-16)28-15-6-7-19(18(24)12-15)30-10-8-26-9-11-30/h6-7,12-13,16,26H,2-5,8-11H2,1H3,(H,27,28,29). The number of piperazine rings is 1. The fraction of sp³-hybridized carbons (Fsp3) is 0.435. The second-order valence-electron chi connectivity index (χ2n) is 8.51. The molecule has 2 N–H and O–H groups in total. The molecule has 2 aliphatic rings. The zero-order chi connectivity index (χ0) is 22.2. The van der Waals surface area contributed by atoms with Gasteiger partial charge < -0.3 is 15.5 Å². The highest BCUT2D eigenvalue weighted by molar-refractivity contribution is 6.33. The van der Waals surface area contributed by atoms with E-state index >= 15 is 0 Å². The largest absolute Gasteiger partial charge is 0.368 e. The maximum atomic E-state index is 14.6. The quantitative estimate of drug-likeness (QED) is 0.614. The molecule has 0 amide bonds. The Bertz CT molecular complexity index is 1220. The first-order valence-corrected chi connectivity index (χ1v) is 11.5. The molecule has 7 nitrogen and oxygen atoms in total. The van der Waals surface area contributed by atoms with Crippen LogP contribution in [0.2, 0.25) is 5.02 Å². The van der Waals surface area contributed by atoms with Crippen LogP contribution in [0.5, 0.6) is 0 Å². The lowest BCUT2D eigenvalue weighted by Crippen LogP contribution is -2.43. The molecule has 1 saturated heterocycles. The average molecular weight is 457 g/mol. The predicted molar refractivity (Wildman–Crippen MR) is 126 cm³/mol. The van der Waals surface area contributed by atoms with Crippen LogP contribution in [-0.4, -0.2) is 40.7 Å². The summed E-state index contributed by atoms with van der Waals surface area (Å²) in [6.07, 6.45) is 5.36. The molecule has 1 aromatic carbocycles. The van der Waals surface area contributed by atoms with Gasteiger partial charge in [0.1, 0.15) is 5.65 Å². The first-order valence-electron chi connectivity index (χ1n) is 11.1. The van der Waals surface area contributed by atoms with Crippen LogP contribution in [0.15, 0.2) is 29.2 Å². The minimum absolute atomic E-state index is 0.0318. The number of rotatable bonds is 4. The number of pyridine rings is 1. The fourth-order valence-electron chi connectivity index (χ4n) is 4.74. The van der Waals surface area contributed by atoms with Crippen molar-refractivity contribution in [2.24, 2.45) is 0 Å². The summed E-state index contributed by atoms with van der Waals surface area (Å²) in [6.45, 7) is 5.29. The van der Waals surface area contributed by atoms with Crippen LogP contribution in [0, 0.1) is 12.7 Å². The number of nitrogens with one attached hydrogen (secondary N) is 2. The summed E-state index contributed by atoms with van der Waals surface area (Å²) in [7, 11) is 0. The highest BCUT2D eigenvalue weighted by Gasteiger charge is 2.24. The van der Waals surface area contributed by atoms with Crippen molar-refractivity contribution in [1.29, 1.82) is 0 Å². The molecule has 9 heteroatoms. The van der Waals surface area contributed by atoms with Crippen molar-refractivity contribution in [3.8, 4) is 0 Å². The number of aromatic nitrogens is 3. The van der Waals surface area contributed by atoms with E-state index in [9.17, 15) is 9.18 Å². The molecule has 1 aliphatic heterocycles. The zero-order valence-corrected chi connectivity index (χ0v) is 18.8. The summed E-state index contributed by atoms with van der Waals surface area (Å²) in [5.74, 6) is -0.371. The van der Waals surface area contributed by atoms with Gasteiger partial charge in [0.05, 0.1) is 10.7 Å². The Hall–Kier alpha value is -2.71. The summed E-state index contributed by atoms with van der Waals surface area (Å²) >= 11 is 6.56. The number of hydrogen-bond acceptors (Lipinski definition) is 6. The molecule has 5 rings (SSSR count). The van der Waals surface area contributed by atoms with Gasteiger partial charge in [-0.1, -0.05) is 24.4 Å². The maximum Gasteiger partial charge on any atom is 0.288 e. The molecule has 2 aromatic heterocycles. The highest BCUT2D eigenvalue weighted by Crippen LogP contribution is 2.33. The first-order chi connectivity index (χ1) is 15.5. The molecular weight excluding hydrogens is 431 g/mol. The number of benzene rings is 1. The van der Waals surface area contributed by atoms with Crippen molar-refractivity contribution in [3.05, 3.63) is 51.2 Å². The van der Waals surface area contributed by atoms with E-state index in [1.54, 1.807) is 13.1 Å². The van der Waals surface area contributed by atoms with Gasteiger partial charge in [-0.05, 0) is 38.0 Å². The summed E-state index contributed by atoms with van der Waals surface area (Å²) in [5, 5.41) is 7.74. The van der Waals surface area contributed by atoms with Gasteiger partial charge in [-0.15, -0.1) is 0 Å². The van der Waals surface area contributed by atoms with E-state index in [1.807, 2.05) is 18.2 Å². The molecule has 0 bridgehead atoms. The molecule has 0 spiro atoms. The van der Waals surface area contributed by atoms with Crippen LogP contribution in [0.25, 0.3) is 11.0 Å².